The summed E-state index contributed by atoms with van der Waals surface area (Å²) in [5.41, 5.74) is 1.06. The maximum absolute atomic E-state index is 12.2. The molecule has 1 aromatic heterocycles. The zero-order valence-electron chi connectivity index (χ0n) is 9.70. The molecule has 94 valence electrons. The first-order valence-electron chi connectivity index (χ1n) is 5.22. The van der Waals surface area contributed by atoms with Gasteiger partial charge in [0.2, 0.25) is 0 Å². The van der Waals surface area contributed by atoms with Crippen LogP contribution in [-0.4, -0.2) is 35.0 Å². The Labute approximate surface area is 118 Å². The largest absolute Gasteiger partial charge is 0.480 e. The normalized spacial score (nSPS) is 10.3. The second kappa shape index (κ2) is 6.34. The highest BCUT2D eigenvalue weighted by molar-refractivity contribution is 14.1. The molecule has 1 N–H and O–H groups in total. The molecule has 0 bridgehead atoms. The predicted octanol–water partition coefficient (Wildman–Crippen LogP) is 2.60. The second-order valence-corrected chi connectivity index (χ2v) is 5.64. The Morgan fingerprint density at radius 2 is 2.18 bits per heavy atom. The molecule has 0 saturated carbocycles. The number of hydrogen-bond acceptors (Lipinski definition) is 3. The van der Waals surface area contributed by atoms with E-state index in [0.717, 1.165) is 15.6 Å². The van der Waals surface area contributed by atoms with Crippen LogP contribution in [0.15, 0.2) is 5.38 Å². The van der Waals surface area contributed by atoms with E-state index in [-0.39, 0.29) is 12.5 Å². The lowest BCUT2D eigenvalue weighted by atomic mass is 10.3. The van der Waals surface area contributed by atoms with Crippen LogP contribution in [0.3, 0.4) is 0 Å². The van der Waals surface area contributed by atoms with Crippen LogP contribution in [0.25, 0.3) is 0 Å². The van der Waals surface area contributed by atoms with E-state index in [9.17, 15) is 9.59 Å². The fourth-order valence-electron chi connectivity index (χ4n) is 1.40. The molecule has 0 aliphatic rings. The first-order chi connectivity index (χ1) is 7.97. The first kappa shape index (κ1) is 14.4. The third-order valence-corrected chi connectivity index (χ3v) is 5.04. The highest BCUT2D eigenvalue weighted by Gasteiger charge is 2.21. The third kappa shape index (κ3) is 3.67. The first-order valence-corrected chi connectivity index (χ1v) is 7.17. The topological polar surface area (TPSA) is 57.6 Å². The molecule has 0 aliphatic heterocycles. The number of halogens is 1. The van der Waals surface area contributed by atoms with Gasteiger partial charge in [-0.3, -0.25) is 9.59 Å². The van der Waals surface area contributed by atoms with Crippen LogP contribution in [-0.2, 0) is 4.79 Å². The minimum absolute atomic E-state index is 0.184. The number of carbonyl (C=O) groups excluding carboxylic acids is 1. The maximum Gasteiger partial charge on any atom is 0.323 e. The van der Waals surface area contributed by atoms with Crippen molar-refractivity contribution in [1.29, 1.82) is 0 Å². The lowest BCUT2D eigenvalue weighted by molar-refractivity contribution is -0.137. The van der Waals surface area contributed by atoms with Crippen LogP contribution in [0.2, 0.25) is 0 Å². The molecule has 0 aromatic carbocycles. The number of rotatable bonds is 5. The van der Waals surface area contributed by atoms with E-state index in [1.165, 1.54) is 16.2 Å². The standard InChI is InChI=1S/C11H14INO3S/c1-3-4-13(5-8(14)15)11(16)10-9(12)7(2)6-17-10/h6H,3-5H2,1-2H3,(H,14,15). The fraction of sp³-hybridized carbons (Fsp3) is 0.455. The van der Waals surface area contributed by atoms with Gasteiger partial charge < -0.3 is 10.0 Å². The minimum atomic E-state index is -0.977. The molecule has 1 heterocycles. The smallest absolute Gasteiger partial charge is 0.323 e. The van der Waals surface area contributed by atoms with Crippen molar-refractivity contribution < 1.29 is 14.7 Å². The van der Waals surface area contributed by atoms with E-state index in [4.69, 9.17) is 5.11 Å². The van der Waals surface area contributed by atoms with Crippen LogP contribution < -0.4 is 0 Å². The molecule has 0 unspecified atom stereocenters. The number of hydrogen-bond donors (Lipinski definition) is 1. The van der Waals surface area contributed by atoms with E-state index in [0.29, 0.717) is 11.4 Å². The zero-order chi connectivity index (χ0) is 13.0. The summed E-state index contributed by atoms with van der Waals surface area (Å²) < 4.78 is 0.920. The van der Waals surface area contributed by atoms with Crippen molar-refractivity contribution in [2.24, 2.45) is 0 Å². The molecule has 0 radical (unpaired) electrons. The molecular formula is C11H14INO3S. The molecule has 1 aromatic rings. The third-order valence-electron chi connectivity index (χ3n) is 2.20. The van der Waals surface area contributed by atoms with Gasteiger partial charge in [-0.1, -0.05) is 6.92 Å². The molecule has 0 aliphatic carbocycles. The van der Waals surface area contributed by atoms with Crippen molar-refractivity contribution in [2.75, 3.05) is 13.1 Å². The minimum Gasteiger partial charge on any atom is -0.480 e. The number of carboxylic acids is 1. The molecule has 1 rings (SSSR count). The van der Waals surface area contributed by atoms with Gasteiger partial charge >= 0.3 is 5.97 Å². The highest BCUT2D eigenvalue weighted by Crippen LogP contribution is 2.25. The van der Waals surface area contributed by atoms with E-state index in [2.05, 4.69) is 22.6 Å². The van der Waals surface area contributed by atoms with Gasteiger partial charge in [0, 0.05) is 10.1 Å². The van der Waals surface area contributed by atoms with E-state index >= 15 is 0 Å². The Balaban J connectivity index is 2.91. The Bertz CT molecular complexity index is 430. The van der Waals surface area contributed by atoms with Crippen LogP contribution in [0.1, 0.15) is 28.6 Å². The summed E-state index contributed by atoms with van der Waals surface area (Å²) in [4.78, 5) is 24.9. The fourth-order valence-corrected chi connectivity index (χ4v) is 3.29. The van der Waals surface area contributed by atoms with Gasteiger partial charge in [-0.2, -0.15) is 0 Å². The number of amides is 1. The molecule has 0 fully saturated rings. The molecule has 4 nitrogen and oxygen atoms in total. The summed E-state index contributed by atoms with van der Waals surface area (Å²) in [5.74, 6) is -1.16. The number of carboxylic acid groups (broad SMARTS) is 1. The molecule has 6 heteroatoms. The van der Waals surface area contributed by atoms with E-state index < -0.39 is 5.97 Å². The van der Waals surface area contributed by atoms with E-state index in [1.807, 2.05) is 19.2 Å². The van der Waals surface area contributed by atoms with Gasteiger partial charge in [-0.05, 0) is 46.9 Å². The Hall–Kier alpha value is -0.630. The summed E-state index contributed by atoms with van der Waals surface area (Å²) in [6, 6.07) is 0. The number of aryl methyl sites for hydroxylation is 1. The summed E-state index contributed by atoms with van der Waals surface area (Å²) in [7, 11) is 0. The molecular weight excluding hydrogens is 353 g/mol. The van der Waals surface area contributed by atoms with Crippen LogP contribution in [0, 0.1) is 10.5 Å². The van der Waals surface area contributed by atoms with Crippen molar-refractivity contribution in [1.82, 2.24) is 4.90 Å². The van der Waals surface area contributed by atoms with Crippen molar-refractivity contribution >= 4 is 45.8 Å². The average Bonchev–Trinajstić information content (AvgIpc) is 2.58. The Morgan fingerprint density at radius 3 is 2.59 bits per heavy atom. The molecule has 0 atom stereocenters. The number of aliphatic carboxylic acids is 1. The monoisotopic (exact) mass is 367 g/mol. The SMILES string of the molecule is CCCN(CC(=O)O)C(=O)c1scc(C)c1I. The highest BCUT2D eigenvalue weighted by atomic mass is 127. The number of carbonyl (C=O) groups is 2. The Kier molecular flexibility index (Phi) is 5.38. The summed E-state index contributed by atoms with van der Waals surface area (Å²) >= 11 is 3.50. The van der Waals surface area contributed by atoms with E-state index in [1.54, 1.807) is 0 Å². The van der Waals surface area contributed by atoms with Crippen molar-refractivity contribution in [3.8, 4) is 0 Å². The van der Waals surface area contributed by atoms with Crippen LogP contribution in [0.5, 0.6) is 0 Å². The lowest BCUT2D eigenvalue weighted by Gasteiger charge is -2.19. The van der Waals surface area contributed by atoms with Crippen LogP contribution in [0.4, 0.5) is 0 Å². The van der Waals surface area contributed by atoms with Crippen molar-refractivity contribution in [3.63, 3.8) is 0 Å². The van der Waals surface area contributed by atoms with Gasteiger partial charge in [-0.25, -0.2) is 0 Å². The number of thiophene rings is 1. The summed E-state index contributed by atoms with van der Waals surface area (Å²) in [6.07, 6.45) is 0.750. The predicted molar refractivity (Wildman–Crippen MR) is 75.6 cm³/mol. The summed E-state index contributed by atoms with van der Waals surface area (Å²) in [5, 5.41) is 10.7. The second-order valence-electron chi connectivity index (χ2n) is 3.68. The lowest BCUT2D eigenvalue weighted by Crippen LogP contribution is -2.36. The molecule has 1 amide bonds. The van der Waals surface area contributed by atoms with Gasteiger partial charge in [-0.15, -0.1) is 11.3 Å². The quantitative estimate of drug-likeness (QED) is 0.814. The Morgan fingerprint density at radius 1 is 1.53 bits per heavy atom. The van der Waals surface area contributed by atoms with Gasteiger partial charge in [0.25, 0.3) is 5.91 Å². The summed E-state index contributed by atoms with van der Waals surface area (Å²) in [6.45, 7) is 4.10. The maximum atomic E-state index is 12.2. The average molecular weight is 367 g/mol. The van der Waals surface area contributed by atoms with Crippen LogP contribution >= 0.6 is 33.9 Å². The molecule has 17 heavy (non-hydrogen) atoms. The van der Waals surface area contributed by atoms with Gasteiger partial charge in [0.15, 0.2) is 0 Å². The zero-order valence-corrected chi connectivity index (χ0v) is 12.7. The van der Waals surface area contributed by atoms with Crippen molar-refractivity contribution in [2.45, 2.75) is 20.3 Å². The van der Waals surface area contributed by atoms with Gasteiger partial charge in [0.1, 0.15) is 11.4 Å². The molecule has 0 saturated heterocycles. The molecule has 0 spiro atoms. The number of nitrogens with zero attached hydrogens (tertiary/aromatic N) is 1. The van der Waals surface area contributed by atoms with Gasteiger partial charge in [0.05, 0.1) is 0 Å². The van der Waals surface area contributed by atoms with Crippen molar-refractivity contribution in [3.05, 3.63) is 19.4 Å².